The Balaban J connectivity index is 0.00000529. The first kappa shape index (κ1) is 23.0. The average Bonchev–Trinajstić information content (AvgIpc) is 2.52. The highest BCUT2D eigenvalue weighted by Crippen LogP contribution is 2.17. The Morgan fingerprint density at radius 3 is 2.46 bits per heavy atom. The van der Waals surface area contributed by atoms with Crippen LogP contribution in [0.15, 0.2) is 23.2 Å². The van der Waals surface area contributed by atoms with Crippen LogP contribution < -0.4 is 10.6 Å². The van der Waals surface area contributed by atoms with Gasteiger partial charge in [-0.05, 0) is 44.4 Å². The van der Waals surface area contributed by atoms with Crippen molar-refractivity contribution < 1.29 is 13.5 Å². The van der Waals surface area contributed by atoms with Crippen LogP contribution in [0, 0.1) is 11.6 Å². The highest BCUT2D eigenvalue weighted by atomic mass is 127. The predicted octanol–water partition coefficient (Wildman–Crippen LogP) is 3.67. The summed E-state index contributed by atoms with van der Waals surface area (Å²) in [6.45, 7) is 9.66. The van der Waals surface area contributed by atoms with Gasteiger partial charge < -0.3 is 15.4 Å². The number of ether oxygens (including phenoxy) is 1. The maximum Gasteiger partial charge on any atom is 0.191 e. The minimum Gasteiger partial charge on any atom is -0.377 e. The van der Waals surface area contributed by atoms with Gasteiger partial charge in [0.25, 0.3) is 0 Å². The highest BCUT2D eigenvalue weighted by Gasteiger charge is 2.16. The van der Waals surface area contributed by atoms with Crippen molar-refractivity contribution in [2.24, 2.45) is 4.99 Å². The molecule has 0 aromatic heterocycles. The molecular weight excluding hydrogens is 427 g/mol. The molecule has 1 unspecified atom stereocenters. The van der Waals surface area contributed by atoms with Gasteiger partial charge in [0, 0.05) is 20.2 Å². The van der Waals surface area contributed by atoms with E-state index in [0.29, 0.717) is 19.0 Å². The van der Waals surface area contributed by atoms with E-state index >= 15 is 0 Å². The summed E-state index contributed by atoms with van der Waals surface area (Å²) in [6, 6.07) is 3.99. The van der Waals surface area contributed by atoms with E-state index in [0.717, 1.165) is 18.2 Å². The molecule has 1 rings (SSSR count). The number of nitrogens with zero attached hydrogens (tertiary/aromatic N) is 1. The number of aliphatic imine (C=N–C) groups is 1. The van der Waals surface area contributed by atoms with Crippen LogP contribution in [0.5, 0.6) is 0 Å². The van der Waals surface area contributed by atoms with Crippen LogP contribution in [0.1, 0.15) is 39.2 Å². The molecule has 0 radical (unpaired) electrons. The quantitative estimate of drug-likeness (QED) is 0.375. The lowest BCUT2D eigenvalue weighted by atomic mass is 10.0. The smallest absolute Gasteiger partial charge is 0.191 e. The van der Waals surface area contributed by atoms with E-state index in [1.807, 2.05) is 27.7 Å². The Morgan fingerprint density at radius 1 is 1.25 bits per heavy atom. The third-order valence-electron chi connectivity index (χ3n) is 3.60. The molecule has 24 heavy (non-hydrogen) atoms. The van der Waals surface area contributed by atoms with Crippen LogP contribution >= 0.6 is 24.0 Å². The van der Waals surface area contributed by atoms with E-state index in [4.69, 9.17) is 4.74 Å². The molecular formula is C17H28F2IN3O. The van der Waals surface area contributed by atoms with Crippen LogP contribution in [0.3, 0.4) is 0 Å². The van der Waals surface area contributed by atoms with Gasteiger partial charge in [0.05, 0.1) is 12.1 Å². The summed E-state index contributed by atoms with van der Waals surface area (Å²) in [4.78, 5) is 4.49. The van der Waals surface area contributed by atoms with Crippen molar-refractivity contribution in [1.29, 1.82) is 0 Å². The van der Waals surface area contributed by atoms with Crippen LogP contribution in [0.2, 0.25) is 0 Å². The fourth-order valence-corrected chi connectivity index (χ4v) is 1.86. The molecule has 0 aliphatic rings. The second-order valence-electron chi connectivity index (χ2n) is 6.11. The number of halogens is 3. The van der Waals surface area contributed by atoms with Gasteiger partial charge in [0.15, 0.2) is 17.6 Å². The van der Waals surface area contributed by atoms with E-state index in [-0.39, 0.29) is 35.5 Å². The molecule has 1 aromatic carbocycles. The van der Waals surface area contributed by atoms with Crippen LogP contribution in [0.25, 0.3) is 0 Å². The molecule has 0 aliphatic heterocycles. The number of nitrogens with one attached hydrogen (secondary N) is 2. The molecule has 0 bridgehead atoms. The monoisotopic (exact) mass is 455 g/mol. The van der Waals surface area contributed by atoms with Crippen molar-refractivity contribution in [2.45, 2.75) is 39.2 Å². The fourth-order valence-electron chi connectivity index (χ4n) is 1.86. The maximum absolute atomic E-state index is 13.3. The third kappa shape index (κ3) is 7.74. The molecule has 0 spiro atoms. The second kappa shape index (κ2) is 10.8. The zero-order chi connectivity index (χ0) is 17.5. The van der Waals surface area contributed by atoms with Crippen molar-refractivity contribution >= 4 is 29.9 Å². The zero-order valence-corrected chi connectivity index (χ0v) is 17.3. The third-order valence-corrected chi connectivity index (χ3v) is 3.60. The van der Waals surface area contributed by atoms with Gasteiger partial charge in [0.1, 0.15) is 0 Å². The lowest BCUT2D eigenvalue weighted by Crippen LogP contribution is -2.40. The fraction of sp³-hybridized carbons (Fsp3) is 0.588. The Morgan fingerprint density at radius 2 is 1.92 bits per heavy atom. The second-order valence-corrected chi connectivity index (χ2v) is 6.11. The van der Waals surface area contributed by atoms with Crippen molar-refractivity contribution in [1.82, 2.24) is 10.6 Å². The molecule has 0 saturated carbocycles. The van der Waals surface area contributed by atoms with E-state index in [1.165, 1.54) is 6.07 Å². The van der Waals surface area contributed by atoms with Gasteiger partial charge in [-0.25, -0.2) is 8.78 Å². The van der Waals surface area contributed by atoms with Crippen molar-refractivity contribution in [3.63, 3.8) is 0 Å². The summed E-state index contributed by atoms with van der Waals surface area (Å²) in [6.07, 6.45) is 0. The number of guanidine groups is 1. The first-order chi connectivity index (χ1) is 10.8. The normalized spacial score (nSPS) is 13.2. The van der Waals surface area contributed by atoms with Gasteiger partial charge >= 0.3 is 0 Å². The Kier molecular flexibility index (Phi) is 10.4. The molecule has 0 amide bonds. The first-order valence-electron chi connectivity index (χ1n) is 7.81. The minimum absolute atomic E-state index is 0. The van der Waals surface area contributed by atoms with Gasteiger partial charge in [-0.15, -0.1) is 24.0 Å². The van der Waals surface area contributed by atoms with Gasteiger partial charge in [-0.1, -0.05) is 13.0 Å². The largest absolute Gasteiger partial charge is 0.377 e. The summed E-state index contributed by atoms with van der Waals surface area (Å²) >= 11 is 0. The summed E-state index contributed by atoms with van der Waals surface area (Å²) in [5.41, 5.74) is 0.401. The number of hydrogen-bond acceptors (Lipinski definition) is 2. The Bertz CT molecular complexity index is 539. The number of rotatable bonds is 7. The molecule has 2 N–H and O–H groups in total. The summed E-state index contributed by atoms with van der Waals surface area (Å²) in [5.74, 6) is -0.959. The Labute approximate surface area is 160 Å². The minimum atomic E-state index is -0.828. The van der Waals surface area contributed by atoms with E-state index < -0.39 is 11.6 Å². The van der Waals surface area contributed by atoms with Crippen LogP contribution in [-0.2, 0) is 4.74 Å². The van der Waals surface area contributed by atoms with Gasteiger partial charge in [0.2, 0.25) is 0 Å². The molecule has 1 aromatic rings. The zero-order valence-electron chi connectivity index (χ0n) is 15.0. The van der Waals surface area contributed by atoms with E-state index in [1.54, 1.807) is 13.2 Å². The van der Waals surface area contributed by atoms with Crippen molar-refractivity contribution in [3.8, 4) is 0 Å². The predicted molar refractivity (Wildman–Crippen MR) is 105 cm³/mol. The maximum atomic E-state index is 13.3. The van der Waals surface area contributed by atoms with E-state index in [2.05, 4.69) is 15.6 Å². The molecule has 4 nitrogen and oxygen atoms in total. The number of methoxy groups -OCH3 is 1. The van der Waals surface area contributed by atoms with Crippen LogP contribution in [0.4, 0.5) is 8.78 Å². The Hall–Kier alpha value is -0.960. The topological polar surface area (TPSA) is 45.7 Å². The van der Waals surface area contributed by atoms with Gasteiger partial charge in [-0.3, -0.25) is 4.99 Å². The van der Waals surface area contributed by atoms with E-state index in [9.17, 15) is 8.78 Å². The molecule has 0 saturated heterocycles. The SMILES string of the molecule is CCNC(=NCC(C)(C)OC)NCC(C)c1ccc(F)c(F)c1.I. The summed E-state index contributed by atoms with van der Waals surface area (Å²) in [5, 5.41) is 6.37. The molecule has 0 heterocycles. The lowest BCUT2D eigenvalue weighted by molar-refractivity contribution is 0.0310. The molecule has 1 atom stereocenters. The highest BCUT2D eigenvalue weighted by molar-refractivity contribution is 14.0. The molecule has 0 aliphatic carbocycles. The number of benzene rings is 1. The molecule has 0 fully saturated rings. The van der Waals surface area contributed by atoms with Crippen molar-refractivity contribution in [2.75, 3.05) is 26.7 Å². The van der Waals surface area contributed by atoms with Crippen LogP contribution in [-0.4, -0.2) is 38.3 Å². The first-order valence-corrected chi connectivity index (χ1v) is 7.81. The molecule has 7 heteroatoms. The summed E-state index contributed by atoms with van der Waals surface area (Å²) < 4.78 is 31.6. The lowest BCUT2D eigenvalue weighted by Gasteiger charge is -2.22. The average molecular weight is 455 g/mol. The van der Waals surface area contributed by atoms with Crippen molar-refractivity contribution in [3.05, 3.63) is 35.4 Å². The standard InChI is InChI=1S/C17H27F2N3O.HI/c1-6-20-16(22-11-17(3,4)23-5)21-10-12(2)13-7-8-14(18)15(19)9-13;/h7-9,12H,6,10-11H2,1-5H3,(H2,20,21,22);1H. The summed E-state index contributed by atoms with van der Waals surface area (Å²) in [7, 11) is 1.65. The number of hydrogen-bond donors (Lipinski definition) is 2. The van der Waals surface area contributed by atoms with Gasteiger partial charge in [-0.2, -0.15) is 0 Å². The molecule has 138 valence electrons.